The number of rotatable bonds is 3. The fourth-order valence-corrected chi connectivity index (χ4v) is 3.38. The van der Waals surface area contributed by atoms with Crippen LogP contribution in [0.2, 0.25) is 5.02 Å². The third-order valence-corrected chi connectivity index (χ3v) is 4.49. The second kappa shape index (κ2) is 5.85. The highest BCUT2D eigenvalue weighted by molar-refractivity contribution is 7.12. The first kappa shape index (κ1) is 12.9. The fraction of sp³-hybridized carbons (Fsp3) is 0.583. The van der Waals surface area contributed by atoms with Crippen molar-refractivity contribution in [2.24, 2.45) is 0 Å². The largest absolute Gasteiger partial charge is 0.396 e. The summed E-state index contributed by atoms with van der Waals surface area (Å²) in [5.74, 6) is 0.0168. The Morgan fingerprint density at radius 2 is 2.41 bits per heavy atom. The summed E-state index contributed by atoms with van der Waals surface area (Å²) in [6, 6.07) is 1.92. The predicted octanol–water partition coefficient (Wildman–Crippen LogP) is 2.78. The van der Waals surface area contributed by atoms with E-state index in [1.165, 1.54) is 11.3 Å². The topological polar surface area (TPSA) is 40.5 Å². The van der Waals surface area contributed by atoms with E-state index in [9.17, 15) is 4.79 Å². The molecule has 1 amide bonds. The zero-order valence-electron chi connectivity index (χ0n) is 9.56. The minimum absolute atomic E-state index is 0.0168. The van der Waals surface area contributed by atoms with Crippen molar-refractivity contribution in [2.45, 2.75) is 31.7 Å². The van der Waals surface area contributed by atoms with Gasteiger partial charge in [0.2, 0.25) is 0 Å². The Kier molecular flexibility index (Phi) is 4.42. The Hall–Kier alpha value is -0.580. The number of halogens is 1. The maximum atomic E-state index is 12.3. The number of aliphatic hydroxyl groups is 1. The van der Waals surface area contributed by atoms with E-state index in [1.54, 1.807) is 6.07 Å². The molecular formula is C12H16ClNO2S. The van der Waals surface area contributed by atoms with E-state index in [4.69, 9.17) is 16.7 Å². The smallest absolute Gasteiger partial charge is 0.265 e. The van der Waals surface area contributed by atoms with Crippen molar-refractivity contribution in [2.75, 3.05) is 13.2 Å². The molecule has 5 heteroatoms. The van der Waals surface area contributed by atoms with Crippen LogP contribution in [0.25, 0.3) is 0 Å². The number of carbonyl (C=O) groups excluding carboxylic acids is 1. The average Bonchev–Trinajstić information content (AvgIpc) is 2.76. The summed E-state index contributed by atoms with van der Waals surface area (Å²) in [6.07, 6.45) is 3.81. The number of likely N-dealkylation sites (tertiary alicyclic amines) is 1. The summed E-state index contributed by atoms with van der Waals surface area (Å²) in [6.45, 7) is 0.907. The summed E-state index contributed by atoms with van der Waals surface area (Å²) in [5, 5.41) is 11.4. The lowest BCUT2D eigenvalue weighted by atomic mass is 9.99. The molecule has 1 aromatic heterocycles. The lowest BCUT2D eigenvalue weighted by Gasteiger charge is -2.35. The predicted molar refractivity (Wildman–Crippen MR) is 69.7 cm³/mol. The first-order valence-electron chi connectivity index (χ1n) is 5.89. The third kappa shape index (κ3) is 2.81. The van der Waals surface area contributed by atoms with Crippen LogP contribution in [0.1, 0.15) is 35.4 Å². The molecule has 1 saturated heterocycles. The Morgan fingerprint density at radius 3 is 3.06 bits per heavy atom. The molecular weight excluding hydrogens is 258 g/mol. The summed E-state index contributed by atoms with van der Waals surface area (Å²) >= 11 is 7.38. The van der Waals surface area contributed by atoms with Crippen molar-refractivity contribution in [3.05, 3.63) is 21.3 Å². The van der Waals surface area contributed by atoms with Gasteiger partial charge in [-0.25, -0.2) is 0 Å². The second-order valence-corrected chi connectivity index (χ2v) is 5.58. The fourth-order valence-electron chi connectivity index (χ4n) is 2.29. The monoisotopic (exact) mass is 273 g/mol. The number of nitrogens with zero attached hydrogens (tertiary/aromatic N) is 1. The van der Waals surface area contributed by atoms with Crippen LogP contribution in [0, 0.1) is 0 Å². The van der Waals surface area contributed by atoms with Crippen LogP contribution in [0.4, 0.5) is 0 Å². The average molecular weight is 274 g/mol. The molecule has 94 valence electrons. The number of amides is 1. The van der Waals surface area contributed by atoms with Gasteiger partial charge < -0.3 is 10.0 Å². The molecule has 1 unspecified atom stereocenters. The zero-order valence-corrected chi connectivity index (χ0v) is 11.1. The number of carbonyl (C=O) groups is 1. The van der Waals surface area contributed by atoms with Crippen molar-refractivity contribution in [3.8, 4) is 0 Å². The summed E-state index contributed by atoms with van der Waals surface area (Å²) in [4.78, 5) is 14.8. The molecule has 1 aliphatic rings. The number of aliphatic hydroxyl groups excluding tert-OH is 1. The van der Waals surface area contributed by atoms with Gasteiger partial charge in [0.1, 0.15) is 4.88 Å². The molecule has 2 rings (SSSR count). The Labute approximate surface area is 110 Å². The van der Waals surface area contributed by atoms with Crippen LogP contribution in [0.5, 0.6) is 0 Å². The molecule has 0 aliphatic carbocycles. The molecule has 2 heterocycles. The molecule has 3 nitrogen and oxygen atoms in total. The number of piperidine rings is 1. The highest BCUT2D eigenvalue weighted by atomic mass is 35.5. The molecule has 0 bridgehead atoms. The van der Waals surface area contributed by atoms with Crippen LogP contribution >= 0.6 is 22.9 Å². The van der Waals surface area contributed by atoms with E-state index in [1.807, 2.05) is 10.3 Å². The third-order valence-electron chi connectivity index (χ3n) is 3.16. The van der Waals surface area contributed by atoms with Gasteiger partial charge in [-0.1, -0.05) is 11.6 Å². The summed E-state index contributed by atoms with van der Waals surface area (Å²) < 4.78 is 0. The van der Waals surface area contributed by atoms with Crippen LogP contribution in [-0.4, -0.2) is 35.1 Å². The van der Waals surface area contributed by atoms with E-state index in [-0.39, 0.29) is 18.6 Å². The molecule has 1 N–H and O–H groups in total. The van der Waals surface area contributed by atoms with Gasteiger partial charge in [-0.2, -0.15) is 0 Å². The number of hydrogen-bond donors (Lipinski definition) is 1. The first-order valence-corrected chi connectivity index (χ1v) is 7.14. The minimum atomic E-state index is 0.0168. The van der Waals surface area contributed by atoms with Crippen LogP contribution in [0.15, 0.2) is 11.4 Å². The summed E-state index contributed by atoms with van der Waals surface area (Å²) in [7, 11) is 0. The number of hydrogen-bond acceptors (Lipinski definition) is 3. The highest BCUT2D eigenvalue weighted by Crippen LogP contribution is 2.27. The van der Waals surface area contributed by atoms with E-state index >= 15 is 0 Å². The molecule has 1 aromatic rings. The SMILES string of the molecule is O=C(c1sccc1Cl)N1CCCCC1CCO. The maximum Gasteiger partial charge on any atom is 0.265 e. The quantitative estimate of drug-likeness (QED) is 0.920. The van der Waals surface area contributed by atoms with Crippen LogP contribution in [0.3, 0.4) is 0 Å². The maximum absolute atomic E-state index is 12.3. The van der Waals surface area contributed by atoms with Crippen molar-refractivity contribution < 1.29 is 9.90 Å². The van der Waals surface area contributed by atoms with Crippen molar-refractivity contribution in [1.29, 1.82) is 0 Å². The Bertz CT molecular complexity index is 392. The molecule has 0 radical (unpaired) electrons. The van der Waals surface area contributed by atoms with Gasteiger partial charge in [0.05, 0.1) is 5.02 Å². The molecule has 17 heavy (non-hydrogen) atoms. The van der Waals surface area contributed by atoms with Crippen molar-refractivity contribution in [1.82, 2.24) is 4.90 Å². The standard InChI is InChI=1S/C12H16ClNO2S/c13-10-5-8-17-11(10)12(16)14-6-2-1-3-9(14)4-7-15/h5,8-9,15H,1-4,6-7H2. The molecule has 0 spiro atoms. The van der Waals surface area contributed by atoms with Gasteiger partial charge >= 0.3 is 0 Å². The van der Waals surface area contributed by atoms with Crippen LogP contribution in [-0.2, 0) is 0 Å². The van der Waals surface area contributed by atoms with Crippen molar-refractivity contribution >= 4 is 28.8 Å². The van der Waals surface area contributed by atoms with Gasteiger partial charge in [-0.15, -0.1) is 11.3 Å². The first-order chi connectivity index (χ1) is 8.24. The molecule has 1 aliphatic heterocycles. The van der Waals surface area contributed by atoms with E-state index in [2.05, 4.69) is 0 Å². The van der Waals surface area contributed by atoms with Crippen molar-refractivity contribution in [3.63, 3.8) is 0 Å². The lowest BCUT2D eigenvalue weighted by Crippen LogP contribution is -2.44. The minimum Gasteiger partial charge on any atom is -0.396 e. The van der Waals surface area contributed by atoms with Gasteiger partial charge in [0.25, 0.3) is 5.91 Å². The van der Waals surface area contributed by atoms with Gasteiger partial charge in [-0.3, -0.25) is 4.79 Å². The second-order valence-electron chi connectivity index (χ2n) is 4.26. The normalized spacial score (nSPS) is 20.6. The highest BCUT2D eigenvalue weighted by Gasteiger charge is 2.28. The lowest BCUT2D eigenvalue weighted by molar-refractivity contribution is 0.0580. The molecule has 1 fully saturated rings. The Morgan fingerprint density at radius 1 is 1.59 bits per heavy atom. The number of thiophene rings is 1. The van der Waals surface area contributed by atoms with E-state index in [0.717, 1.165) is 25.8 Å². The summed E-state index contributed by atoms with van der Waals surface area (Å²) in [5.41, 5.74) is 0. The zero-order chi connectivity index (χ0) is 12.3. The molecule has 1 atom stereocenters. The van der Waals surface area contributed by atoms with Gasteiger partial charge in [0, 0.05) is 19.2 Å². The van der Waals surface area contributed by atoms with E-state index in [0.29, 0.717) is 16.3 Å². The van der Waals surface area contributed by atoms with Gasteiger partial charge in [0.15, 0.2) is 0 Å². The Balaban J connectivity index is 2.14. The molecule has 0 aromatic carbocycles. The van der Waals surface area contributed by atoms with Crippen LogP contribution < -0.4 is 0 Å². The van der Waals surface area contributed by atoms with E-state index < -0.39 is 0 Å². The molecule has 0 saturated carbocycles. The van der Waals surface area contributed by atoms with Gasteiger partial charge in [-0.05, 0) is 37.1 Å².